The lowest BCUT2D eigenvalue weighted by atomic mass is 9.75. The van der Waals surface area contributed by atoms with E-state index in [1.54, 1.807) is 38.3 Å². The molecule has 1 rings (SSSR count). The van der Waals surface area contributed by atoms with Crippen LogP contribution in [0.25, 0.3) is 0 Å². The standard InChI is InChI=1S/C13H18O4/c1-4-13(2,11(14)12(15)16)9-5-7-10(17-3)8-6-9/h5-8,11,14H,4H2,1-3H3,(H,15,16). The lowest BCUT2D eigenvalue weighted by Crippen LogP contribution is -2.41. The molecule has 94 valence electrons. The fourth-order valence-corrected chi connectivity index (χ4v) is 1.80. The summed E-state index contributed by atoms with van der Waals surface area (Å²) in [5.74, 6) is -0.498. The summed E-state index contributed by atoms with van der Waals surface area (Å²) in [5, 5.41) is 18.7. The van der Waals surface area contributed by atoms with Crippen molar-refractivity contribution >= 4 is 5.97 Å². The molecule has 0 aliphatic rings. The van der Waals surface area contributed by atoms with Crippen LogP contribution in [0.4, 0.5) is 0 Å². The smallest absolute Gasteiger partial charge is 0.333 e. The molecule has 0 amide bonds. The van der Waals surface area contributed by atoms with Crippen LogP contribution in [-0.4, -0.2) is 29.4 Å². The van der Waals surface area contributed by atoms with Crippen LogP contribution in [0, 0.1) is 0 Å². The number of rotatable bonds is 5. The van der Waals surface area contributed by atoms with Crippen molar-refractivity contribution in [2.45, 2.75) is 31.8 Å². The van der Waals surface area contributed by atoms with Crippen molar-refractivity contribution in [1.29, 1.82) is 0 Å². The number of benzene rings is 1. The topological polar surface area (TPSA) is 66.8 Å². The van der Waals surface area contributed by atoms with E-state index in [9.17, 15) is 9.90 Å². The average molecular weight is 238 g/mol. The largest absolute Gasteiger partial charge is 0.497 e. The second-order valence-electron chi connectivity index (χ2n) is 4.24. The zero-order valence-electron chi connectivity index (χ0n) is 10.3. The summed E-state index contributed by atoms with van der Waals surface area (Å²) in [6.07, 6.45) is -0.881. The molecule has 0 aromatic heterocycles. The minimum atomic E-state index is -1.42. The molecule has 2 atom stereocenters. The molecule has 4 nitrogen and oxygen atoms in total. The van der Waals surface area contributed by atoms with Crippen molar-refractivity contribution in [3.05, 3.63) is 29.8 Å². The minimum absolute atomic E-state index is 0.535. The molecule has 0 heterocycles. The normalized spacial score (nSPS) is 16.0. The van der Waals surface area contributed by atoms with Crippen LogP contribution in [0.5, 0.6) is 5.75 Å². The van der Waals surface area contributed by atoms with E-state index >= 15 is 0 Å². The van der Waals surface area contributed by atoms with Gasteiger partial charge in [-0.15, -0.1) is 0 Å². The van der Waals surface area contributed by atoms with Crippen LogP contribution in [0.3, 0.4) is 0 Å². The number of carboxylic acid groups (broad SMARTS) is 1. The quantitative estimate of drug-likeness (QED) is 0.821. The fraction of sp³-hybridized carbons (Fsp3) is 0.462. The number of aliphatic hydroxyl groups is 1. The van der Waals surface area contributed by atoms with E-state index in [-0.39, 0.29) is 0 Å². The van der Waals surface area contributed by atoms with Gasteiger partial charge in [0.05, 0.1) is 7.11 Å². The number of methoxy groups -OCH3 is 1. The molecule has 1 aromatic rings. The van der Waals surface area contributed by atoms with E-state index in [1.165, 1.54) is 0 Å². The van der Waals surface area contributed by atoms with E-state index in [4.69, 9.17) is 9.84 Å². The van der Waals surface area contributed by atoms with Gasteiger partial charge < -0.3 is 14.9 Å². The second kappa shape index (κ2) is 5.19. The van der Waals surface area contributed by atoms with Gasteiger partial charge >= 0.3 is 5.97 Å². The van der Waals surface area contributed by atoms with Crippen molar-refractivity contribution in [2.24, 2.45) is 0 Å². The third-order valence-electron chi connectivity index (χ3n) is 3.32. The molecule has 2 N–H and O–H groups in total. The predicted octanol–water partition coefficient (Wildman–Crippen LogP) is 1.81. The molecule has 0 saturated carbocycles. The highest BCUT2D eigenvalue weighted by Gasteiger charge is 2.37. The highest BCUT2D eigenvalue weighted by Crippen LogP contribution is 2.32. The molecule has 4 heteroatoms. The van der Waals surface area contributed by atoms with Crippen LogP contribution < -0.4 is 4.74 Å². The molecular weight excluding hydrogens is 220 g/mol. The molecule has 0 spiro atoms. The molecule has 0 fully saturated rings. The number of ether oxygens (including phenoxy) is 1. The first-order valence-corrected chi connectivity index (χ1v) is 5.51. The molecule has 0 aliphatic heterocycles. The maximum absolute atomic E-state index is 10.9. The molecule has 2 unspecified atom stereocenters. The lowest BCUT2D eigenvalue weighted by molar-refractivity contribution is -0.150. The fourth-order valence-electron chi connectivity index (χ4n) is 1.80. The van der Waals surface area contributed by atoms with Crippen molar-refractivity contribution in [3.8, 4) is 5.75 Å². The van der Waals surface area contributed by atoms with Gasteiger partial charge in [0, 0.05) is 5.41 Å². The van der Waals surface area contributed by atoms with Gasteiger partial charge in [-0.2, -0.15) is 0 Å². The van der Waals surface area contributed by atoms with Gasteiger partial charge in [0.1, 0.15) is 5.75 Å². The Balaban J connectivity index is 3.11. The third-order valence-corrected chi connectivity index (χ3v) is 3.32. The molecule has 0 aliphatic carbocycles. The molecule has 1 aromatic carbocycles. The van der Waals surface area contributed by atoms with Gasteiger partial charge in [0.15, 0.2) is 6.10 Å². The highest BCUT2D eigenvalue weighted by molar-refractivity contribution is 5.74. The highest BCUT2D eigenvalue weighted by atomic mass is 16.5. The summed E-state index contributed by atoms with van der Waals surface area (Å²) in [4.78, 5) is 10.9. The SMILES string of the molecule is CCC(C)(c1ccc(OC)cc1)C(O)C(=O)O. The number of carboxylic acids is 1. The van der Waals surface area contributed by atoms with Crippen LogP contribution in [0.1, 0.15) is 25.8 Å². The number of hydrogen-bond donors (Lipinski definition) is 2. The van der Waals surface area contributed by atoms with Crippen LogP contribution >= 0.6 is 0 Å². The summed E-state index contributed by atoms with van der Waals surface area (Å²) in [6, 6.07) is 7.10. The van der Waals surface area contributed by atoms with Crippen molar-refractivity contribution in [3.63, 3.8) is 0 Å². The Morgan fingerprint density at radius 2 is 1.94 bits per heavy atom. The van der Waals surface area contributed by atoms with Gasteiger partial charge in [-0.25, -0.2) is 4.79 Å². The predicted molar refractivity (Wildman–Crippen MR) is 64.3 cm³/mol. The van der Waals surface area contributed by atoms with Gasteiger partial charge in [0.25, 0.3) is 0 Å². The van der Waals surface area contributed by atoms with Crippen molar-refractivity contribution < 1.29 is 19.7 Å². The zero-order chi connectivity index (χ0) is 13.1. The Morgan fingerprint density at radius 3 is 2.29 bits per heavy atom. The van der Waals surface area contributed by atoms with E-state index in [2.05, 4.69) is 0 Å². The summed E-state index contributed by atoms with van der Waals surface area (Å²) in [6.45, 7) is 3.60. The molecule has 0 radical (unpaired) electrons. The van der Waals surface area contributed by atoms with E-state index in [1.807, 2.05) is 6.92 Å². The summed E-state index contributed by atoms with van der Waals surface area (Å²) < 4.78 is 5.04. The molecule has 17 heavy (non-hydrogen) atoms. The summed E-state index contributed by atoms with van der Waals surface area (Å²) in [5.41, 5.74) is -0.00586. The Morgan fingerprint density at radius 1 is 1.41 bits per heavy atom. The van der Waals surface area contributed by atoms with Gasteiger partial charge in [-0.3, -0.25) is 0 Å². The first-order chi connectivity index (χ1) is 7.95. The Bertz CT molecular complexity index is 385. The van der Waals surface area contributed by atoms with Gasteiger partial charge in [-0.05, 0) is 24.1 Å². The number of hydrogen-bond acceptors (Lipinski definition) is 3. The third kappa shape index (κ3) is 2.58. The summed E-state index contributed by atoms with van der Waals surface area (Å²) >= 11 is 0. The first kappa shape index (κ1) is 13.5. The maximum atomic E-state index is 10.9. The second-order valence-corrected chi connectivity index (χ2v) is 4.24. The number of aliphatic carboxylic acids is 1. The molecule has 0 bridgehead atoms. The zero-order valence-corrected chi connectivity index (χ0v) is 10.3. The van der Waals surface area contributed by atoms with Crippen LogP contribution in [0.15, 0.2) is 24.3 Å². The average Bonchev–Trinajstić information content (AvgIpc) is 2.36. The van der Waals surface area contributed by atoms with Crippen LogP contribution in [0.2, 0.25) is 0 Å². The summed E-state index contributed by atoms with van der Waals surface area (Å²) in [7, 11) is 1.57. The molecular formula is C13H18O4. The van der Waals surface area contributed by atoms with Gasteiger partial charge in [-0.1, -0.05) is 26.0 Å². The number of carbonyl (C=O) groups is 1. The molecule has 0 saturated heterocycles. The van der Waals surface area contributed by atoms with E-state index in [0.29, 0.717) is 12.2 Å². The Kier molecular flexibility index (Phi) is 4.12. The first-order valence-electron chi connectivity index (χ1n) is 5.51. The Labute approximate surface area is 101 Å². The van der Waals surface area contributed by atoms with E-state index in [0.717, 1.165) is 5.56 Å². The van der Waals surface area contributed by atoms with Crippen molar-refractivity contribution in [2.75, 3.05) is 7.11 Å². The van der Waals surface area contributed by atoms with Crippen molar-refractivity contribution in [1.82, 2.24) is 0 Å². The minimum Gasteiger partial charge on any atom is -0.497 e. The number of aliphatic hydroxyl groups excluding tert-OH is 1. The monoisotopic (exact) mass is 238 g/mol. The maximum Gasteiger partial charge on any atom is 0.333 e. The Hall–Kier alpha value is -1.55. The van der Waals surface area contributed by atoms with E-state index < -0.39 is 17.5 Å². The van der Waals surface area contributed by atoms with Gasteiger partial charge in [0.2, 0.25) is 0 Å². The van der Waals surface area contributed by atoms with Crippen LogP contribution in [-0.2, 0) is 10.2 Å². The lowest BCUT2D eigenvalue weighted by Gasteiger charge is -2.31.